The molecule has 2 aliphatic heterocycles. The van der Waals surface area contributed by atoms with Gasteiger partial charge in [-0.3, -0.25) is 14.5 Å². The number of aliphatic hydroxyl groups is 1. The fraction of sp³-hybridized carbons (Fsp3) is 0.867. The second-order valence-electron chi connectivity index (χ2n) is 7.15. The molecule has 2 N–H and O–H groups in total. The molecule has 0 aromatic heterocycles. The number of carbonyl (C=O) groups excluding carboxylic acids is 1. The Hall–Kier alpha value is -1.14. The summed E-state index contributed by atoms with van der Waals surface area (Å²) in [5, 5.41) is 19.3. The number of piperidine rings is 2. The number of rotatable bonds is 2. The molecule has 0 radical (unpaired) electrons. The number of likely N-dealkylation sites (tertiary alicyclic amines) is 2. The van der Waals surface area contributed by atoms with Crippen molar-refractivity contribution in [3.63, 3.8) is 0 Å². The van der Waals surface area contributed by atoms with Crippen LogP contribution in [0.1, 0.15) is 40.0 Å². The fourth-order valence-corrected chi connectivity index (χ4v) is 3.70. The molecule has 2 aliphatic rings. The van der Waals surface area contributed by atoms with Gasteiger partial charge in [-0.15, -0.1) is 0 Å². The van der Waals surface area contributed by atoms with E-state index in [0.29, 0.717) is 26.1 Å². The first-order chi connectivity index (χ1) is 9.66. The van der Waals surface area contributed by atoms with E-state index in [1.54, 1.807) is 11.8 Å². The van der Waals surface area contributed by atoms with E-state index in [1.807, 2.05) is 18.7 Å². The molecule has 2 fully saturated rings. The van der Waals surface area contributed by atoms with E-state index in [9.17, 15) is 14.7 Å². The average molecular weight is 298 g/mol. The zero-order valence-corrected chi connectivity index (χ0v) is 13.1. The third kappa shape index (κ3) is 3.21. The summed E-state index contributed by atoms with van der Waals surface area (Å²) in [4.78, 5) is 26.4. The van der Waals surface area contributed by atoms with Crippen molar-refractivity contribution in [1.82, 2.24) is 9.80 Å². The van der Waals surface area contributed by atoms with Crippen LogP contribution < -0.4 is 0 Å². The van der Waals surface area contributed by atoms with E-state index in [4.69, 9.17) is 5.11 Å². The standard InChI is InChI=1S/C15H26N2O4/c1-11(18)17-10-15(8-12(19)14(17,2)3)4-6-16(7-5-15)9-13(20)21/h12,19H,4-10H2,1-3H3,(H,20,21)/t12-/m1/s1. The Kier molecular flexibility index (Phi) is 4.31. The molecule has 0 aliphatic carbocycles. The summed E-state index contributed by atoms with van der Waals surface area (Å²) >= 11 is 0. The van der Waals surface area contributed by atoms with Crippen molar-refractivity contribution in [2.75, 3.05) is 26.2 Å². The van der Waals surface area contributed by atoms with Crippen molar-refractivity contribution in [3.8, 4) is 0 Å². The smallest absolute Gasteiger partial charge is 0.317 e. The molecule has 0 bridgehead atoms. The molecule has 0 unspecified atom stereocenters. The fourth-order valence-electron chi connectivity index (χ4n) is 3.70. The number of carboxylic acid groups (broad SMARTS) is 1. The summed E-state index contributed by atoms with van der Waals surface area (Å²) in [5.41, 5.74) is -0.606. The van der Waals surface area contributed by atoms with Gasteiger partial charge >= 0.3 is 5.97 Å². The maximum atomic E-state index is 11.9. The lowest BCUT2D eigenvalue weighted by atomic mass is 9.67. The first-order valence-electron chi connectivity index (χ1n) is 7.57. The minimum Gasteiger partial charge on any atom is -0.480 e. The van der Waals surface area contributed by atoms with E-state index in [-0.39, 0.29) is 17.9 Å². The lowest BCUT2D eigenvalue weighted by molar-refractivity contribution is -0.157. The average Bonchev–Trinajstić information content (AvgIpc) is 2.36. The van der Waals surface area contributed by atoms with Gasteiger partial charge in [0.05, 0.1) is 18.2 Å². The Morgan fingerprint density at radius 1 is 1.24 bits per heavy atom. The van der Waals surface area contributed by atoms with Gasteiger partial charge in [-0.05, 0) is 51.6 Å². The van der Waals surface area contributed by atoms with E-state index in [0.717, 1.165) is 12.8 Å². The zero-order chi connectivity index (χ0) is 15.8. The summed E-state index contributed by atoms with van der Waals surface area (Å²) in [5.74, 6) is -0.813. The molecule has 0 aromatic rings. The van der Waals surface area contributed by atoms with Crippen LogP contribution in [0.3, 0.4) is 0 Å². The molecule has 21 heavy (non-hydrogen) atoms. The topological polar surface area (TPSA) is 81.1 Å². The number of nitrogens with zero attached hydrogens (tertiary/aromatic N) is 2. The number of aliphatic carboxylic acids is 1. The van der Waals surface area contributed by atoms with Crippen molar-refractivity contribution in [1.29, 1.82) is 0 Å². The van der Waals surface area contributed by atoms with Crippen LogP contribution in [-0.2, 0) is 9.59 Å². The highest BCUT2D eigenvalue weighted by molar-refractivity contribution is 5.74. The molecule has 6 heteroatoms. The highest BCUT2D eigenvalue weighted by Gasteiger charge is 2.50. The molecule has 6 nitrogen and oxygen atoms in total. The molecule has 2 saturated heterocycles. The summed E-state index contributed by atoms with van der Waals surface area (Å²) in [7, 11) is 0. The van der Waals surface area contributed by atoms with Crippen molar-refractivity contribution in [2.45, 2.75) is 51.7 Å². The predicted octanol–water partition coefficient (Wildman–Crippen LogP) is 0.545. The van der Waals surface area contributed by atoms with Crippen LogP contribution in [0.25, 0.3) is 0 Å². The first-order valence-corrected chi connectivity index (χ1v) is 7.57. The Balaban J connectivity index is 2.08. The maximum Gasteiger partial charge on any atom is 0.317 e. The quantitative estimate of drug-likeness (QED) is 0.778. The summed E-state index contributed by atoms with van der Waals surface area (Å²) in [6.45, 7) is 7.52. The lowest BCUT2D eigenvalue weighted by Crippen LogP contribution is -2.64. The number of hydrogen-bond donors (Lipinski definition) is 2. The highest BCUT2D eigenvalue weighted by atomic mass is 16.4. The molecule has 2 heterocycles. The molecule has 0 aromatic carbocycles. The van der Waals surface area contributed by atoms with Crippen molar-refractivity contribution in [2.24, 2.45) is 5.41 Å². The van der Waals surface area contributed by atoms with Crippen LogP contribution in [0.4, 0.5) is 0 Å². The maximum absolute atomic E-state index is 11.9. The summed E-state index contributed by atoms with van der Waals surface area (Å²) in [6, 6.07) is 0. The molecule has 1 spiro atoms. The second kappa shape index (κ2) is 5.57. The number of amides is 1. The van der Waals surface area contributed by atoms with E-state index >= 15 is 0 Å². The Bertz CT molecular complexity index is 427. The van der Waals surface area contributed by atoms with Crippen LogP contribution in [0.2, 0.25) is 0 Å². The van der Waals surface area contributed by atoms with Gasteiger partial charge in [0.15, 0.2) is 0 Å². The van der Waals surface area contributed by atoms with Gasteiger partial charge in [0, 0.05) is 13.5 Å². The summed E-state index contributed by atoms with van der Waals surface area (Å²) in [6.07, 6.45) is 1.81. The SMILES string of the molecule is CC(=O)N1CC2(CCN(CC(=O)O)CC2)C[C@@H](O)C1(C)C. The van der Waals surface area contributed by atoms with Gasteiger partial charge in [0.25, 0.3) is 0 Å². The van der Waals surface area contributed by atoms with Crippen LogP contribution in [-0.4, -0.2) is 69.7 Å². The van der Waals surface area contributed by atoms with Crippen molar-refractivity contribution >= 4 is 11.9 Å². The minimum absolute atomic E-state index is 0.00825. The molecular formula is C15H26N2O4. The van der Waals surface area contributed by atoms with Gasteiger partial charge in [0.1, 0.15) is 0 Å². The molecular weight excluding hydrogens is 272 g/mol. The minimum atomic E-state index is -0.805. The number of carbonyl (C=O) groups is 2. The monoisotopic (exact) mass is 298 g/mol. The summed E-state index contributed by atoms with van der Waals surface area (Å²) < 4.78 is 0. The molecule has 120 valence electrons. The van der Waals surface area contributed by atoms with E-state index in [2.05, 4.69) is 0 Å². The Morgan fingerprint density at radius 3 is 2.29 bits per heavy atom. The molecule has 1 atom stereocenters. The van der Waals surface area contributed by atoms with Crippen molar-refractivity contribution < 1.29 is 19.8 Å². The van der Waals surface area contributed by atoms with Gasteiger partial charge < -0.3 is 15.1 Å². The number of aliphatic hydroxyl groups excluding tert-OH is 1. The number of hydrogen-bond acceptors (Lipinski definition) is 4. The normalized spacial score (nSPS) is 28.6. The van der Waals surface area contributed by atoms with Crippen LogP contribution in [0, 0.1) is 5.41 Å². The zero-order valence-electron chi connectivity index (χ0n) is 13.1. The van der Waals surface area contributed by atoms with Gasteiger partial charge in [-0.1, -0.05) is 0 Å². The third-order valence-electron chi connectivity index (χ3n) is 5.29. The third-order valence-corrected chi connectivity index (χ3v) is 5.29. The molecule has 1 amide bonds. The molecule has 2 rings (SSSR count). The van der Waals surface area contributed by atoms with E-state index in [1.165, 1.54) is 0 Å². The first kappa shape index (κ1) is 16.2. The van der Waals surface area contributed by atoms with Crippen molar-refractivity contribution in [3.05, 3.63) is 0 Å². The lowest BCUT2D eigenvalue weighted by Gasteiger charge is -2.55. The second-order valence-corrected chi connectivity index (χ2v) is 7.15. The Morgan fingerprint density at radius 2 is 1.81 bits per heavy atom. The highest BCUT2D eigenvalue weighted by Crippen LogP contribution is 2.44. The van der Waals surface area contributed by atoms with Gasteiger partial charge in [-0.25, -0.2) is 0 Å². The van der Waals surface area contributed by atoms with Crippen LogP contribution in [0.5, 0.6) is 0 Å². The van der Waals surface area contributed by atoms with Gasteiger partial charge in [-0.2, -0.15) is 0 Å². The van der Waals surface area contributed by atoms with Gasteiger partial charge in [0.2, 0.25) is 5.91 Å². The Labute approximate surface area is 125 Å². The van der Waals surface area contributed by atoms with Crippen LogP contribution >= 0.6 is 0 Å². The molecule has 0 saturated carbocycles. The van der Waals surface area contributed by atoms with E-state index < -0.39 is 17.6 Å². The largest absolute Gasteiger partial charge is 0.480 e. The predicted molar refractivity (Wildman–Crippen MR) is 77.8 cm³/mol. The van der Waals surface area contributed by atoms with Crippen LogP contribution in [0.15, 0.2) is 0 Å². The number of carboxylic acids is 1.